The number of fused-ring (bicyclic) bond motifs is 1. The van der Waals surface area contributed by atoms with E-state index in [2.05, 4.69) is 53.8 Å². The molecule has 2 aromatic carbocycles. The molecular weight excluding hydrogens is 272 g/mol. The second-order valence-corrected chi connectivity index (χ2v) is 6.18. The van der Waals surface area contributed by atoms with E-state index in [-0.39, 0.29) is 12.1 Å². The minimum atomic E-state index is -0.431. The lowest BCUT2D eigenvalue weighted by Crippen LogP contribution is -2.49. The summed E-state index contributed by atoms with van der Waals surface area (Å²) in [6, 6.07) is 21.0. The lowest BCUT2D eigenvalue weighted by atomic mass is 9.75. The summed E-state index contributed by atoms with van der Waals surface area (Å²) in [4.78, 5) is 14.6. The molecule has 0 bridgehead atoms. The van der Waals surface area contributed by atoms with Crippen molar-refractivity contribution in [2.45, 2.75) is 30.8 Å². The van der Waals surface area contributed by atoms with Gasteiger partial charge in [0.2, 0.25) is 0 Å². The molecule has 22 heavy (non-hydrogen) atoms. The first-order valence-corrected chi connectivity index (χ1v) is 8.02. The summed E-state index contributed by atoms with van der Waals surface area (Å²) < 4.78 is 0. The smallest absolute Gasteiger partial charge is 0.318 e. The molecule has 2 aromatic rings. The molecule has 0 aliphatic carbocycles. The van der Waals surface area contributed by atoms with Crippen molar-refractivity contribution in [2.75, 3.05) is 6.54 Å². The maximum atomic E-state index is 12.6. The summed E-state index contributed by atoms with van der Waals surface area (Å²) in [6.45, 7) is 0.859. The first-order chi connectivity index (χ1) is 10.8. The molecule has 2 aliphatic rings. The minimum absolute atomic E-state index is 0.0670. The zero-order valence-corrected chi connectivity index (χ0v) is 12.5. The van der Waals surface area contributed by atoms with E-state index in [1.165, 1.54) is 17.5 Å². The number of hydrogen-bond donors (Lipinski definition) is 1. The maximum Gasteiger partial charge on any atom is 0.318 e. The van der Waals surface area contributed by atoms with Crippen LogP contribution in [0, 0.1) is 0 Å². The van der Waals surface area contributed by atoms with E-state index < -0.39 is 5.54 Å². The second-order valence-electron chi connectivity index (χ2n) is 6.18. The average Bonchev–Trinajstić information content (AvgIpc) is 2.91. The predicted octanol–water partition coefficient (Wildman–Crippen LogP) is 3.51. The molecule has 1 N–H and O–H groups in total. The number of rotatable bonds is 2. The minimum Gasteiger partial charge on any atom is -0.322 e. The van der Waals surface area contributed by atoms with Crippen LogP contribution >= 0.6 is 0 Å². The molecule has 0 unspecified atom stereocenters. The normalized spacial score (nSPS) is 23.0. The monoisotopic (exact) mass is 292 g/mol. The number of carbonyl (C=O) groups excluding carboxylic acids is 1. The number of nitrogens with zero attached hydrogens (tertiary/aromatic N) is 1. The summed E-state index contributed by atoms with van der Waals surface area (Å²) in [7, 11) is 0. The van der Waals surface area contributed by atoms with E-state index >= 15 is 0 Å². The van der Waals surface area contributed by atoms with E-state index in [0.29, 0.717) is 0 Å². The Bertz CT molecular complexity index is 629. The van der Waals surface area contributed by atoms with Crippen LogP contribution in [-0.4, -0.2) is 23.5 Å². The van der Waals surface area contributed by atoms with Crippen molar-refractivity contribution >= 4 is 6.03 Å². The third-order valence-corrected chi connectivity index (χ3v) is 5.03. The van der Waals surface area contributed by atoms with Crippen molar-refractivity contribution < 1.29 is 4.79 Å². The van der Waals surface area contributed by atoms with Crippen LogP contribution in [0.3, 0.4) is 0 Å². The highest BCUT2D eigenvalue weighted by Gasteiger charge is 2.53. The Morgan fingerprint density at radius 1 is 0.909 bits per heavy atom. The van der Waals surface area contributed by atoms with E-state index in [1.54, 1.807) is 0 Å². The van der Waals surface area contributed by atoms with E-state index in [0.717, 1.165) is 19.4 Å². The second kappa shape index (κ2) is 5.16. The van der Waals surface area contributed by atoms with Gasteiger partial charge in [0, 0.05) is 6.54 Å². The largest absolute Gasteiger partial charge is 0.322 e. The summed E-state index contributed by atoms with van der Waals surface area (Å²) in [5, 5.41) is 3.33. The molecular formula is C19H20N2O. The Hall–Kier alpha value is -2.29. The molecule has 0 aromatic heterocycles. The molecule has 2 fully saturated rings. The zero-order chi connectivity index (χ0) is 15.0. The molecule has 0 spiro atoms. The van der Waals surface area contributed by atoms with Gasteiger partial charge in [0.1, 0.15) is 5.54 Å². The molecule has 0 radical (unpaired) electrons. The zero-order valence-electron chi connectivity index (χ0n) is 12.5. The van der Waals surface area contributed by atoms with Crippen LogP contribution in [0.2, 0.25) is 0 Å². The molecule has 2 amide bonds. The fourth-order valence-corrected chi connectivity index (χ4v) is 4.05. The molecule has 2 aliphatic heterocycles. The standard InChI is InChI=1S/C19H20N2O/c22-18-20-19(15-9-3-1-4-10-15,16-11-5-2-6-12-16)17-13-7-8-14-21(17)18/h1-6,9-12,17H,7-8,13-14H2,(H,20,22)/t17-/m0/s1. The third-order valence-electron chi connectivity index (χ3n) is 5.03. The molecule has 112 valence electrons. The summed E-state index contributed by atoms with van der Waals surface area (Å²) in [5.41, 5.74) is 1.91. The Labute approximate surface area is 131 Å². The van der Waals surface area contributed by atoms with Crippen LogP contribution in [0.5, 0.6) is 0 Å². The first kappa shape index (κ1) is 13.4. The molecule has 2 saturated heterocycles. The SMILES string of the molecule is O=C1NC(c2ccccc2)(c2ccccc2)[C@@H]2CCCCN12. The van der Waals surface area contributed by atoms with Crippen molar-refractivity contribution in [1.82, 2.24) is 10.2 Å². The summed E-state index contributed by atoms with van der Waals surface area (Å²) in [6.07, 6.45) is 3.32. The number of carbonyl (C=O) groups is 1. The van der Waals surface area contributed by atoms with E-state index in [4.69, 9.17) is 0 Å². The Morgan fingerprint density at radius 2 is 1.50 bits per heavy atom. The molecule has 0 saturated carbocycles. The lowest BCUT2D eigenvalue weighted by molar-refractivity contribution is 0.168. The summed E-state index contributed by atoms with van der Waals surface area (Å²) >= 11 is 0. The fraction of sp³-hybridized carbons (Fsp3) is 0.316. The molecule has 1 atom stereocenters. The van der Waals surface area contributed by atoms with Crippen molar-refractivity contribution in [3.63, 3.8) is 0 Å². The van der Waals surface area contributed by atoms with Crippen molar-refractivity contribution in [3.8, 4) is 0 Å². The van der Waals surface area contributed by atoms with Gasteiger partial charge in [-0.15, -0.1) is 0 Å². The Kier molecular flexibility index (Phi) is 3.14. The van der Waals surface area contributed by atoms with Crippen molar-refractivity contribution in [3.05, 3.63) is 71.8 Å². The summed E-state index contributed by atoms with van der Waals surface area (Å²) in [5.74, 6) is 0. The van der Waals surface area contributed by atoms with Crippen LogP contribution in [0.15, 0.2) is 60.7 Å². The molecule has 3 nitrogen and oxygen atoms in total. The van der Waals surface area contributed by atoms with Crippen LogP contribution in [0.4, 0.5) is 4.79 Å². The topological polar surface area (TPSA) is 32.3 Å². The highest BCUT2D eigenvalue weighted by molar-refractivity contribution is 5.81. The first-order valence-electron chi connectivity index (χ1n) is 8.02. The molecule has 2 heterocycles. The number of nitrogens with one attached hydrogen (secondary N) is 1. The van der Waals surface area contributed by atoms with Crippen LogP contribution in [-0.2, 0) is 5.54 Å². The molecule has 4 rings (SSSR count). The Morgan fingerprint density at radius 3 is 2.09 bits per heavy atom. The van der Waals surface area contributed by atoms with Gasteiger partial charge >= 0.3 is 6.03 Å². The van der Waals surface area contributed by atoms with Gasteiger partial charge in [-0.1, -0.05) is 60.7 Å². The van der Waals surface area contributed by atoms with Crippen molar-refractivity contribution in [2.24, 2.45) is 0 Å². The van der Waals surface area contributed by atoms with Gasteiger partial charge in [0.05, 0.1) is 6.04 Å². The highest BCUT2D eigenvalue weighted by atomic mass is 16.2. The quantitative estimate of drug-likeness (QED) is 0.902. The third kappa shape index (κ3) is 1.85. The average molecular weight is 292 g/mol. The van der Waals surface area contributed by atoms with Gasteiger partial charge in [-0.05, 0) is 30.4 Å². The van der Waals surface area contributed by atoms with Crippen LogP contribution in [0.25, 0.3) is 0 Å². The highest BCUT2D eigenvalue weighted by Crippen LogP contribution is 2.43. The van der Waals surface area contributed by atoms with Gasteiger partial charge in [0.15, 0.2) is 0 Å². The number of amides is 2. The molecule has 3 heteroatoms. The van der Waals surface area contributed by atoms with Gasteiger partial charge in [-0.25, -0.2) is 4.79 Å². The number of urea groups is 1. The lowest BCUT2D eigenvalue weighted by Gasteiger charge is -2.40. The van der Waals surface area contributed by atoms with E-state index in [1.807, 2.05) is 17.0 Å². The maximum absolute atomic E-state index is 12.6. The Balaban J connectivity index is 1.92. The number of hydrogen-bond acceptors (Lipinski definition) is 1. The van der Waals surface area contributed by atoms with Gasteiger partial charge in [0.25, 0.3) is 0 Å². The number of piperidine rings is 1. The van der Waals surface area contributed by atoms with Gasteiger partial charge in [-0.3, -0.25) is 0 Å². The van der Waals surface area contributed by atoms with Gasteiger partial charge in [-0.2, -0.15) is 0 Å². The van der Waals surface area contributed by atoms with Crippen LogP contribution in [0.1, 0.15) is 30.4 Å². The van der Waals surface area contributed by atoms with Crippen LogP contribution < -0.4 is 5.32 Å². The van der Waals surface area contributed by atoms with Crippen molar-refractivity contribution in [1.29, 1.82) is 0 Å². The number of benzene rings is 2. The predicted molar refractivity (Wildman–Crippen MR) is 86.5 cm³/mol. The fourth-order valence-electron chi connectivity index (χ4n) is 4.05. The van der Waals surface area contributed by atoms with E-state index in [9.17, 15) is 4.79 Å². The van der Waals surface area contributed by atoms with Gasteiger partial charge < -0.3 is 10.2 Å².